The van der Waals surface area contributed by atoms with Crippen LogP contribution in [0.4, 0.5) is 0 Å². The number of cyclic esters (lactones) is 1. The smallest absolute Gasteiger partial charge is 0.331 e. The van der Waals surface area contributed by atoms with E-state index in [1.807, 2.05) is 0 Å². The molecule has 44 heavy (non-hydrogen) atoms. The summed E-state index contributed by atoms with van der Waals surface area (Å²) in [7, 11) is 0. The first-order valence-electron chi connectivity index (χ1n) is 18.1. The van der Waals surface area contributed by atoms with E-state index in [1.165, 1.54) is 51.4 Å². The lowest BCUT2D eigenvalue weighted by Crippen LogP contribution is -2.69. The molecular weight excluding hydrogens is 556 g/mol. The topological polar surface area (TPSA) is 110 Å². The summed E-state index contributed by atoms with van der Waals surface area (Å²) in [5, 5.41) is 24.5. The fourth-order valence-electron chi connectivity index (χ4n) is 10.6. The van der Waals surface area contributed by atoms with Crippen LogP contribution in [0, 0.1) is 28.6 Å². The van der Waals surface area contributed by atoms with Crippen molar-refractivity contribution < 1.29 is 34.1 Å². The van der Waals surface area contributed by atoms with E-state index < -0.39 is 22.0 Å². The van der Waals surface area contributed by atoms with E-state index in [1.54, 1.807) is 6.08 Å². The van der Waals surface area contributed by atoms with E-state index in [4.69, 9.17) is 9.47 Å². The largest absolute Gasteiger partial charge is 0.462 e. The minimum absolute atomic E-state index is 0.0864. The maximum absolute atomic E-state index is 13.0. The number of carbonyl (C=O) groups is 3. The van der Waals surface area contributed by atoms with Crippen molar-refractivity contribution in [2.45, 2.75) is 166 Å². The third kappa shape index (κ3) is 6.18. The molecule has 1 heterocycles. The highest BCUT2D eigenvalue weighted by atomic mass is 16.5. The van der Waals surface area contributed by atoms with Gasteiger partial charge in [-0.2, -0.15) is 0 Å². The Morgan fingerprint density at radius 1 is 0.909 bits per heavy atom. The Morgan fingerprint density at radius 2 is 1.57 bits per heavy atom. The van der Waals surface area contributed by atoms with Crippen LogP contribution in [0.2, 0.25) is 0 Å². The van der Waals surface area contributed by atoms with Crippen molar-refractivity contribution in [2.75, 3.05) is 6.61 Å². The van der Waals surface area contributed by atoms with E-state index in [-0.39, 0.29) is 35.8 Å². The van der Waals surface area contributed by atoms with Crippen molar-refractivity contribution in [3.8, 4) is 0 Å². The van der Waals surface area contributed by atoms with Crippen LogP contribution >= 0.6 is 0 Å². The summed E-state index contributed by atoms with van der Waals surface area (Å²) in [6.07, 6.45) is 21.5. The predicted molar refractivity (Wildman–Crippen MR) is 169 cm³/mol. The van der Waals surface area contributed by atoms with Gasteiger partial charge in [0.2, 0.25) is 0 Å². The molecule has 4 aliphatic carbocycles. The Bertz CT molecular complexity index is 1070. The zero-order chi connectivity index (χ0) is 31.4. The Labute approximate surface area is 264 Å². The molecular formula is C37H58O7. The van der Waals surface area contributed by atoms with Crippen molar-refractivity contribution in [2.24, 2.45) is 28.6 Å². The van der Waals surface area contributed by atoms with Gasteiger partial charge in [-0.05, 0) is 81.1 Å². The quantitative estimate of drug-likeness (QED) is 0.115. The highest BCUT2D eigenvalue weighted by Crippen LogP contribution is 2.70. The van der Waals surface area contributed by atoms with E-state index in [9.17, 15) is 24.6 Å². The van der Waals surface area contributed by atoms with Gasteiger partial charge < -0.3 is 24.5 Å². The Hall–Kier alpha value is -1.73. The van der Waals surface area contributed by atoms with Crippen molar-refractivity contribution in [3.63, 3.8) is 0 Å². The molecule has 5 rings (SSSR count). The molecule has 248 valence electrons. The molecule has 2 N–H and O–H groups in total. The molecule has 7 heteroatoms. The molecule has 1 aliphatic heterocycles. The fraction of sp³-hybridized carbons (Fsp3) is 0.865. The molecule has 0 amide bonds. The third-order valence-corrected chi connectivity index (χ3v) is 13.1. The van der Waals surface area contributed by atoms with Crippen LogP contribution in [0.1, 0.15) is 149 Å². The van der Waals surface area contributed by atoms with Crippen LogP contribution in [0.25, 0.3) is 0 Å². The lowest BCUT2D eigenvalue weighted by Gasteiger charge is -2.65. The van der Waals surface area contributed by atoms with Crippen molar-refractivity contribution >= 4 is 18.2 Å². The number of fused-ring (bicyclic) bond motifs is 5. The summed E-state index contributed by atoms with van der Waals surface area (Å²) in [5.41, 5.74) is -2.53. The summed E-state index contributed by atoms with van der Waals surface area (Å²) in [6.45, 7) is 4.71. The van der Waals surface area contributed by atoms with Crippen LogP contribution in [-0.4, -0.2) is 52.4 Å². The summed E-state index contributed by atoms with van der Waals surface area (Å²) in [6, 6.07) is 0. The number of rotatable bonds is 15. The monoisotopic (exact) mass is 614 g/mol. The zero-order valence-corrected chi connectivity index (χ0v) is 27.5. The molecule has 0 saturated heterocycles. The molecule has 1 unspecified atom stereocenters. The van der Waals surface area contributed by atoms with E-state index in [2.05, 4.69) is 13.8 Å². The number of carbonyl (C=O) groups excluding carboxylic acids is 3. The standard InChI is InChI=1S/C37H58O7/c1-3-4-5-6-7-8-9-10-11-12-13-14-32(39)44-28-15-20-35(26-38)30-16-19-34(2)29(27-23-33(40)43-25-27)18-22-37(34,42)31(30)17-21-36(35,41)24-28/h23,26,28-31,41-42H,3-22,24-25H2,1-2H3/t28-,29+,30-,31+,34+,35-,36-,37?/m0/s1. The molecule has 0 spiro atoms. The van der Waals surface area contributed by atoms with Gasteiger partial charge in [0.25, 0.3) is 0 Å². The second kappa shape index (κ2) is 13.9. The van der Waals surface area contributed by atoms with Gasteiger partial charge in [-0.1, -0.05) is 78.1 Å². The maximum Gasteiger partial charge on any atom is 0.331 e. The number of ether oxygens (including phenoxy) is 2. The predicted octanol–water partition coefficient (Wildman–Crippen LogP) is 7.15. The van der Waals surface area contributed by atoms with E-state index in [0.717, 1.165) is 50.4 Å². The molecule has 0 aromatic carbocycles. The first-order valence-corrected chi connectivity index (χ1v) is 18.1. The number of aldehydes is 1. The minimum atomic E-state index is -1.23. The second-order valence-electron chi connectivity index (χ2n) is 15.4. The van der Waals surface area contributed by atoms with Crippen LogP contribution in [0.5, 0.6) is 0 Å². The first-order chi connectivity index (χ1) is 21.1. The zero-order valence-electron chi connectivity index (χ0n) is 27.5. The molecule has 0 aromatic rings. The molecule has 7 nitrogen and oxygen atoms in total. The molecule has 0 aromatic heterocycles. The van der Waals surface area contributed by atoms with Crippen LogP contribution in [0.3, 0.4) is 0 Å². The van der Waals surface area contributed by atoms with Gasteiger partial charge in [-0.3, -0.25) is 4.79 Å². The number of esters is 2. The van der Waals surface area contributed by atoms with Gasteiger partial charge in [0.1, 0.15) is 19.0 Å². The summed E-state index contributed by atoms with van der Waals surface area (Å²) in [4.78, 5) is 37.6. The normalized spacial score (nSPS) is 39.5. The lowest BCUT2D eigenvalue weighted by atomic mass is 9.41. The number of aliphatic hydroxyl groups is 2. The lowest BCUT2D eigenvalue weighted by molar-refractivity contribution is -0.249. The summed E-state index contributed by atoms with van der Waals surface area (Å²) >= 11 is 0. The fourth-order valence-corrected chi connectivity index (χ4v) is 10.6. The van der Waals surface area contributed by atoms with E-state index >= 15 is 0 Å². The molecule has 4 saturated carbocycles. The van der Waals surface area contributed by atoms with Gasteiger partial charge in [0, 0.05) is 24.3 Å². The van der Waals surface area contributed by atoms with Crippen LogP contribution in [-0.2, 0) is 23.9 Å². The van der Waals surface area contributed by atoms with Crippen molar-refractivity contribution in [1.29, 1.82) is 0 Å². The van der Waals surface area contributed by atoms with Crippen molar-refractivity contribution in [1.82, 2.24) is 0 Å². The Balaban J connectivity index is 1.11. The summed E-state index contributed by atoms with van der Waals surface area (Å²) in [5.74, 6) is -0.602. The molecule has 0 bridgehead atoms. The van der Waals surface area contributed by atoms with Gasteiger partial charge in [-0.25, -0.2) is 4.79 Å². The van der Waals surface area contributed by atoms with Gasteiger partial charge in [-0.15, -0.1) is 0 Å². The highest BCUT2D eigenvalue weighted by Gasteiger charge is 2.71. The van der Waals surface area contributed by atoms with Crippen LogP contribution < -0.4 is 0 Å². The average molecular weight is 615 g/mol. The SMILES string of the molecule is CCCCCCCCCCCCCC(=O)O[C@H]1CC[C@]2(C=O)[C@H]3CC[C@]4(C)[C@@H](C5=CC(=O)OC5)CCC4(O)[C@@H]3CC[C@]2(O)C1. The van der Waals surface area contributed by atoms with E-state index in [0.29, 0.717) is 51.6 Å². The van der Waals surface area contributed by atoms with Crippen molar-refractivity contribution in [3.05, 3.63) is 11.6 Å². The average Bonchev–Trinajstić information content (AvgIpc) is 3.54. The van der Waals surface area contributed by atoms with Gasteiger partial charge in [0.15, 0.2) is 0 Å². The maximum atomic E-state index is 13.0. The third-order valence-electron chi connectivity index (χ3n) is 13.1. The number of hydrogen-bond acceptors (Lipinski definition) is 7. The Morgan fingerprint density at radius 3 is 2.20 bits per heavy atom. The van der Waals surface area contributed by atoms with Crippen LogP contribution in [0.15, 0.2) is 11.6 Å². The first kappa shape index (κ1) is 33.6. The molecule has 5 aliphatic rings. The molecule has 8 atom stereocenters. The minimum Gasteiger partial charge on any atom is -0.462 e. The summed E-state index contributed by atoms with van der Waals surface area (Å²) < 4.78 is 11.1. The van der Waals surface area contributed by atoms with Gasteiger partial charge >= 0.3 is 11.9 Å². The second-order valence-corrected chi connectivity index (χ2v) is 15.4. The number of unbranched alkanes of at least 4 members (excludes halogenated alkanes) is 10. The molecule has 0 radical (unpaired) electrons. The Kier molecular flexibility index (Phi) is 10.7. The number of hydrogen-bond donors (Lipinski definition) is 2. The molecule has 4 fully saturated rings. The highest BCUT2D eigenvalue weighted by molar-refractivity contribution is 5.85. The van der Waals surface area contributed by atoms with Gasteiger partial charge in [0.05, 0.1) is 16.6 Å².